The SMILES string of the molecule is O=C(NC1CCC(n2c(=O)c3cc(F)cnc3n(C3CCSCC3)c2=O)CC1)c1ccno1. The standard InChI is InChI=1S/C22H24FN5O4S/c23-13-11-17-19(24-12-13)27(16-6-9-33-10-7-16)22(31)28(21(17)30)15-3-1-14(2-4-15)26-20(29)18-5-8-25-32-18/h5,8,11-12,14-16H,1-4,6-7,9-10H2,(H,26,29). The van der Waals surface area contributed by atoms with E-state index in [4.69, 9.17) is 4.52 Å². The molecule has 3 aromatic rings. The summed E-state index contributed by atoms with van der Waals surface area (Å²) < 4.78 is 21.8. The summed E-state index contributed by atoms with van der Waals surface area (Å²) in [5, 5.41) is 6.59. The summed E-state index contributed by atoms with van der Waals surface area (Å²) in [6.07, 6.45) is 6.38. The summed E-state index contributed by atoms with van der Waals surface area (Å²) in [4.78, 5) is 43.3. The van der Waals surface area contributed by atoms with E-state index in [-0.39, 0.29) is 46.5 Å². The molecule has 1 saturated heterocycles. The Kier molecular flexibility index (Phi) is 6.05. The van der Waals surface area contributed by atoms with Gasteiger partial charge in [0.25, 0.3) is 11.5 Å². The van der Waals surface area contributed by atoms with Gasteiger partial charge in [-0.15, -0.1) is 0 Å². The second-order valence-electron chi connectivity index (χ2n) is 8.55. The first-order chi connectivity index (χ1) is 16.0. The van der Waals surface area contributed by atoms with E-state index in [9.17, 15) is 18.8 Å². The number of rotatable bonds is 4. The third-order valence-corrected chi connectivity index (χ3v) is 7.59. The molecule has 1 saturated carbocycles. The van der Waals surface area contributed by atoms with Crippen LogP contribution in [0, 0.1) is 5.82 Å². The number of nitrogens with one attached hydrogen (secondary N) is 1. The van der Waals surface area contributed by atoms with Crippen LogP contribution in [0.15, 0.2) is 38.6 Å². The average molecular weight is 474 g/mol. The lowest BCUT2D eigenvalue weighted by Crippen LogP contribution is -2.46. The van der Waals surface area contributed by atoms with Gasteiger partial charge in [0.2, 0.25) is 5.76 Å². The molecule has 0 unspecified atom stereocenters. The molecule has 2 aliphatic rings. The van der Waals surface area contributed by atoms with Gasteiger partial charge in [0.1, 0.15) is 11.5 Å². The van der Waals surface area contributed by atoms with Gasteiger partial charge in [-0.3, -0.25) is 18.7 Å². The molecule has 9 nitrogen and oxygen atoms in total. The monoisotopic (exact) mass is 473 g/mol. The summed E-state index contributed by atoms with van der Waals surface area (Å²) in [5.41, 5.74) is -0.622. The molecule has 0 aromatic carbocycles. The summed E-state index contributed by atoms with van der Waals surface area (Å²) in [6.45, 7) is 0. The maximum absolute atomic E-state index is 14.0. The zero-order chi connectivity index (χ0) is 22.9. The number of halogens is 1. The van der Waals surface area contributed by atoms with Gasteiger partial charge >= 0.3 is 5.69 Å². The minimum Gasteiger partial charge on any atom is -0.351 e. The van der Waals surface area contributed by atoms with Crippen LogP contribution in [0.25, 0.3) is 11.0 Å². The van der Waals surface area contributed by atoms with Crippen LogP contribution >= 0.6 is 11.8 Å². The molecule has 0 atom stereocenters. The van der Waals surface area contributed by atoms with Crippen molar-refractivity contribution in [3.63, 3.8) is 0 Å². The molecule has 1 N–H and O–H groups in total. The van der Waals surface area contributed by atoms with Crippen LogP contribution in [-0.4, -0.2) is 42.7 Å². The third-order valence-electron chi connectivity index (χ3n) is 6.54. The van der Waals surface area contributed by atoms with Crippen LogP contribution in [-0.2, 0) is 0 Å². The van der Waals surface area contributed by atoms with E-state index in [0.29, 0.717) is 25.7 Å². The number of thioether (sulfide) groups is 1. The van der Waals surface area contributed by atoms with Gasteiger partial charge in [-0.2, -0.15) is 11.8 Å². The maximum Gasteiger partial charge on any atom is 0.333 e. The first-order valence-electron chi connectivity index (χ1n) is 11.1. The number of carbonyl (C=O) groups is 1. The highest BCUT2D eigenvalue weighted by Crippen LogP contribution is 2.30. The molecule has 1 amide bonds. The third kappa shape index (κ3) is 4.21. The fraction of sp³-hybridized carbons (Fsp3) is 0.500. The molecule has 11 heteroatoms. The van der Waals surface area contributed by atoms with Crippen molar-refractivity contribution in [2.24, 2.45) is 0 Å². The second kappa shape index (κ2) is 9.12. The summed E-state index contributed by atoms with van der Waals surface area (Å²) in [5.74, 6) is 1.06. The largest absolute Gasteiger partial charge is 0.351 e. The minimum absolute atomic E-state index is 0.0661. The van der Waals surface area contributed by atoms with Crippen LogP contribution in [0.5, 0.6) is 0 Å². The number of nitrogens with zero attached hydrogens (tertiary/aromatic N) is 4. The fourth-order valence-electron chi connectivity index (χ4n) is 4.87. The van der Waals surface area contributed by atoms with Gasteiger partial charge < -0.3 is 9.84 Å². The van der Waals surface area contributed by atoms with Crippen molar-refractivity contribution in [2.75, 3.05) is 11.5 Å². The van der Waals surface area contributed by atoms with E-state index in [1.165, 1.54) is 22.9 Å². The van der Waals surface area contributed by atoms with E-state index in [1.54, 1.807) is 4.57 Å². The van der Waals surface area contributed by atoms with Gasteiger partial charge in [0, 0.05) is 24.2 Å². The van der Waals surface area contributed by atoms with E-state index < -0.39 is 11.4 Å². The molecule has 5 rings (SSSR count). The topological polar surface area (TPSA) is 112 Å². The van der Waals surface area contributed by atoms with E-state index in [2.05, 4.69) is 15.5 Å². The van der Waals surface area contributed by atoms with Gasteiger partial charge in [-0.1, -0.05) is 5.16 Å². The molecule has 0 bridgehead atoms. The van der Waals surface area contributed by atoms with E-state index >= 15 is 0 Å². The highest BCUT2D eigenvalue weighted by atomic mass is 32.2. The summed E-state index contributed by atoms with van der Waals surface area (Å²) in [6, 6.07) is 2.20. The predicted molar refractivity (Wildman–Crippen MR) is 121 cm³/mol. The van der Waals surface area contributed by atoms with Crippen molar-refractivity contribution in [1.82, 2.24) is 24.6 Å². The van der Waals surface area contributed by atoms with Gasteiger partial charge in [-0.25, -0.2) is 14.2 Å². The molecular formula is C22H24FN5O4S. The lowest BCUT2D eigenvalue weighted by atomic mass is 9.90. The van der Waals surface area contributed by atoms with Crippen molar-refractivity contribution in [3.8, 4) is 0 Å². The first kappa shape index (κ1) is 21.9. The van der Waals surface area contributed by atoms with E-state index in [0.717, 1.165) is 30.5 Å². The van der Waals surface area contributed by atoms with Crippen molar-refractivity contribution in [1.29, 1.82) is 0 Å². The number of fused-ring (bicyclic) bond motifs is 1. The fourth-order valence-corrected chi connectivity index (χ4v) is 5.95. The quantitative estimate of drug-likeness (QED) is 0.620. The zero-order valence-electron chi connectivity index (χ0n) is 17.9. The van der Waals surface area contributed by atoms with Gasteiger partial charge in [-0.05, 0) is 56.1 Å². The number of aromatic nitrogens is 4. The molecular weight excluding hydrogens is 449 g/mol. The van der Waals surface area contributed by atoms with Crippen molar-refractivity contribution in [2.45, 2.75) is 56.7 Å². The molecule has 1 aliphatic heterocycles. The molecule has 1 aliphatic carbocycles. The van der Waals surface area contributed by atoms with Crippen LogP contribution in [0.1, 0.15) is 61.2 Å². The Morgan fingerprint density at radius 2 is 1.82 bits per heavy atom. The maximum atomic E-state index is 14.0. The zero-order valence-corrected chi connectivity index (χ0v) is 18.7. The molecule has 33 heavy (non-hydrogen) atoms. The smallest absolute Gasteiger partial charge is 0.333 e. The normalized spacial score (nSPS) is 21.8. The molecule has 4 heterocycles. The number of pyridine rings is 1. The second-order valence-corrected chi connectivity index (χ2v) is 9.78. The highest BCUT2D eigenvalue weighted by Gasteiger charge is 2.30. The lowest BCUT2D eigenvalue weighted by molar-refractivity contribution is 0.0884. The van der Waals surface area contributed by atoms with Crippen LogP contribution in [0.2, 0.25) is 0 Å². The Morgan fingerprint density at radius 1 is 1.09 bits per heavy atom. The number of hydrogen-bond donors (Lipinski definition) is 1. The average Bonchev–Trinajstić information content (AvgIpc) is 3.37. The number of amides is 1. The summed E-state index contributed by atoms with van der Waals surface area (Å²) in [7, 11) is 0. The Bertz CT molecular complexity index is 1270. The molecule has 0 radical (unpaired) electrons. The van der Waals surface area contributed by atoms with Gasteiger partial charge in [0.15, 0.2) is 0 Å². The minimum atomic E-state index is -0.602. The van der Waals surface area contributed by atoms with Crippen LogP contribution in [0.3, 0.4) is 0 Å². The highest BCUT2D eigenvalue weighted by molar-refractivity contribution is 7.99. The first-order valence-corrected chi connectivity index (χ1v) is 12.3. The molecule has 0 spiro atoms. The number of carbonyl (C=O) groups excluding carboxylic acids is 1. The van der Waals surface area contributed by atoms with Crippen LogP contribution in [0.4, 0.5) is 4.39 Å². The van der Waals surface area contributed by atoms with Crippen molar-refractivity contribution < 1.29 is 13.7 Å². The van der Waals surface area contributed by atoms with Gasteiger partial charge in [0.05, 0.1) is 17.8 Å². The summed E-state index contributed by atoms with van der Waals surface area (Å²) >= 11 is 1.84. The molecule has 2 fully saturated rings. The molecule has 174 valence electrons. The van der Waals surface area contributed by atoms with Crippen molar-refractivity contribution in [3.05, 3.63) is 56.9 Å². The Balaban J connectivity index is 1.45. The predicted octanol–water partition coefficient (Wildman–Crippen LogP) is 2.67. The Hall–Kier alpha value is -2.95. The lowest BCUT2D eigenvalue weighted by Gasteiger charge is -2.31. The van der Waals surface area contributed by atoms with E-state index in [1.807, 2.05) is 11.8 Å². The van der Waals surface area contributed by atoms with Crippen LogP contribution < -0.4 is 16.6 Å². The van der Waals surface area contributed by atoms with Crippen molar-refractivity contribution >= 4 is 28.7 Å². The Labute approximate surface area is 192 Å². The molecule has 3 aromatic heterocycles. The Morgan fingerprint density at radius 3 is 2.52 bits per heavy atom. The number of hydrogen-bond acceptors (Lipinski definition) is 7.